The zero-order valence-electron chi connectivity index (χ0n) is 22.7. The van der Waals surface area contributed by atoms with Gasteiger partial charge in [-0.15, -0.1) is 29.0 Å². The third kappa shape index (κ3) is 12.5. The maximum absolute atomic E-state index is 3.27. The van der Waals surface area contributed by atoms with Crippen molar-refractivity contribution in [1.82, 2.24) is 0 Å². The molecular weight excluding hydrogens is 603 g/mol. The molecule has 0 nitrogen and oxygen atoms in total. The van der Waals surface area contributed by atoms with Gasteiger partial charge in [-0.1, -0.05) is 80.3 Å². The fraction of sp³-hybridized carbons (Fsp3) is 0.125. The molecule has 0 spiro atoms. The molecular formula is C32H38Cl2Si2Zr-8. The Balaban J connectivity index is -0.000000264. The first-order valence-electron chi connectivity index (χ1n) is 10.7. The Morgan fingerprint density at radius 2 is 1.30 bits per heavy atom. The molecule has 5 aromatic carbocycles. The monoisotopic (exact) mass is 638 g/mol. The Kier molecular flexibility index (Phi) is 27.6. The quantitative estimate of drug-likeness (QED) is 0.209. The number of hydrogen-bond acceptors (Lipinski definition) is 0. The maximum atomic E-state index is 3.27. The number of hydrogen-bond donors (Lipinski definition) is 0. The van der Waals surface area contributed by atoms with Crippen LogP contribution in [0.3, 0.4) is 0 Å². The van der Waals surface area contributed by atoms with Crippen LogP contribution < -0.4 is 24.8 Å². The van der Waals surface area contributed by atoms with E-state index in [1.54, 1.807) is 0 Å². The van der Waals surface area contributed by atoms with E-state index in [-0.39, 0.29) is 75.0 Å². The SMILES string of the molecule is CCCCc1cc[cH-]c1.[CH3-].[CH3-].[CH3-].[CH3-].[Cl-].[Cl-].[Si]=[Zr]=[Si].c1ccc2c(-c3cccc4[cH-]ccc34)cccc2c1. The van der Waals surface area contributed by atoms with E-state index >= 15 is 0 Å². The number of benzene rings is 3. The predicted octanol–water partition coefficient (Wildman–Crippen LogP) is 3.17. The summed E-state index contributed by atoms with van der Waals surface area (Å²) in [6.07, 6.45) is 3.87. The largest absolute Gasteiger partial charge is 0.168 e. The number of aryl methyl sites for hydroxylation is 1. The van der Waals surface area contributed by atoms with Crippen molar-refractivity contribution in [2.75, 3.05) is 0 Å². The molecule has 4 radical (unpaired) electrons. The van der Waals surface area contributed by atoms with Crippen LogP contribution >= 0.6 is 0 Å². The normalized spacial score (nSPS) is 8.35. The third-order valence-electron chi connectivity index (χ3n) is 5.31. The molecule has 0 aliphatic carbocycles. The van der Waals surface area contributed by atoms with E-state index in [4.69, 9.17) is 0 Å². The molecule has 0 unspecified atom stereocenters. The van der Waals surface area contributed by atoms with E-state index in [0.29, 0.717) is 0 Å². The van der Waals surface area contributed by atoms with E-state index in [1.165, 1.54) is 57.5 Å². The molecule has 0 aromatic heterocycles. The summed E-state index contributed by atoms with van der Waals surface area (Å²) in [5.74, 6) is 0. The van der Waals surface area contributed by atoms with Crippen LogP contribution in [-0.2, 0) is 26.9 Å². The summed E-state index contributed by atoms with van der Waals surface area (Å²) >= 11 is -0.159. The summed E-state index contributed by atoms with van der Waals surface area (Å²) in [5, 5.41) is 5.26. The van der Waals surface area contributed by atoms with Crippen molar-refractivity contribution >= 4 is 35.3 Å². The summed E-state index contributed by atoms with van der Waals surface area (Å²) in [6, 6.07) is 36.7. The van der Waals surface area contributed by atoms with Gasteiger partial charge in [-0.05, 0) is 16.3 Å². The first-order valence-corrected chi connectivity index (χ1v) is 19.1. The van der Waals surface area contributed by atoms with Crippen LogP contribution in [0.15, 0.2) is 103 Å². The molecule has 200 valence electrons. The molecule has 37 heavy (non-hydrogen) atoms. The Labute approximate surface area is 254 Å². The molecule has 0 saturated heterocycles. The number of rotatable bonds is 4. The molecule has 0 aliphatic rings. The number of fused-ring (bicyclic) bond motifs is 2. The van der Waals surface area contributed by atoms with Gasteiger partial charge in [-0.3, -0.25) is 0 Å². The molecule has 0 heterocycles. The van der Waals surface area contributed by atoms with Gasteiger partial charge in [0.05, 0.1) is 0 Å². The summed E-state index contributed by atoms with van der Waals surface area (Å²) in [7, 11) is 0. The van der Waals surface area contributed by atoms with Crippen molar-refractivity contribution in [3.63, 3.8) is 0 Å². The van der Waals surface area contributed by atoms with Gasteiger partial charge >= 0.3 is 34.2 Å². The Morgan fingerprint density at radius 3 is 1.92 bits per heavy atom. The number of unbranched alkanes of at least 4 members (excludes halogenated alkanes) is 1. The van der Waals surface area contributed by atoms with Crippen LogP contribution in [0.4, 0.5) is 0 Å². The van der Waals surface area contributed by atoms with E-state index in [0.717, 1.165) is 0 Å². The first-order chi connectivity index (χ1) is 15.3. The molecule has 0 saturated carbocycles. The van der Waals surface area contributed by atoms with Crippen LogP contribution in [0.5, 0.6) is 0 Å². The Morgan fingerprint density at radius 1 is 0.703 bits per heavy atom. The average Bonchev–Trinajstić information content (AvgIpc) is 3.50. The van der Waals surface area contributed by atoms with E-state index in [9.17, 15) is 0 Å². The summed E-state index contributed by atoms with van der Waals surface area (Å²) in [6.45, 7) is 8.76. The molecule has 5 heteroatoms. The van der Waals surface area contributed by atoms with E-state index in [1.807, 2.05) is 0 Å². The van der Waals surface area contributed by atoms with Crippen molar-refractivity contribution < 1.29 is 45.3 Å². The molecule has 0 amide bonds. The van der Waals surface area contributed by atoms with Crippen molar-refractivity contribution in [2.24, 2.45) is 0 Å². The van der Waals surface area contributed by atoms with Gasteiger partial charge in [0.15, 0.2) is 0 Å². The second-order valence-corrected chi connectivity index (χ2v) is 13.9. The molecule has 0 atom stereocenters. The van der Waals surface area contributed by atoms with Crippen LogP contribution in [0.2, 0.25) is 0 Å². The topological polar surface area (TPSA) is 0 Å². The average molecular weight is 641 g/mol. The van der Waals surface area contributed by atoms with Gasteiger partial charge in [0.2, 0.25) is 0 Å². The summed E-state index contributed by atoms with van der Waals surface area (Å²) in [5.41, 5.74) is 4.12. The van der Waals surface area contributed by atoms with Crippen LogP contribution in [0.1, 0.15) is 25.3 Å². The van der Waals surface area contributed by atoms with Gasteiger partial charge < -0.3 is 54.5 Å². The van der Waals surface area contributed by atoms with Crippen LogP contribution in [0, 0.1) is 29.7 Å². The zero-order valence-corrected chi connectivity index (χ0v) is 28.7. The van der Waals surface area contributed by atoms with Gasteiger partial charge in [0, 0.05) is 0 Å². The van der Waals surface area contributed by atoms with Crippen molar-refractivity contribution in [1.29, 1.82) is 0 Å². The molecule has 5 rings (SSSR count). The molecule has 5 aromatic rings. The standard InChI is InChI=1S/C19H13.C9H13.4CH3.2ClH.2Si.Zr/c1-2-10-16-14(6-1)8-4-12-18(16)19-13-5-9-15-7-3-11-17(15)19;1-2-3-6-9-7-4-5-8-9;;;;;;;;;/h1-13H;4-5,7-8H,2-3,6H2,1H3;4*1H3;2*1H;;;/q6*-1;;;;;/p-2. The summed E-state index contributed by atoms with van der Waals surface area (Å²) < 4.78 is 0. The molecule has 0 N–H and O–H groups in total. The molecule has 0 bridgehead atoms. The zero-order chi connectivity index (χ0) is 21.9. The fourth-order valence-electron chi connectivity index (χ4n) is 3.82. The smallest absolute Gasteiger partial charge is 0.0114 e. The predicted molar refractivity (Wildman–Crippen MR) is 160 cm³/mol. The van der Waals surface area contributed by atoms with Crippen molar-refractivity contribution in [3.8, 4) is 11.1 Å². The first kappa shape index (κ1) is 42.9. The maximum Gasteiger partial charge on any atom is -0.0114 e. The van der Waals surface area contributed by atoms with Gasteiger partial charge in [0.25, 0.3) is 0 Å². The minimum atomic E-state index is -0.159. The Hall–Kier alpha value is -1.22. The van der Waals surface area contributed by atoms with Gasteiger partial charge in [-0.25, -0.2) is 6.07 Å². The fourth-order valence-corrected chi connectivity index (χ4v) is 3.82. The molecule has 0 aliphatic heterocycles. The van der Waals surface area contributed by atoms with Crippen LogP contribution in [0.25, 0.3) is 32.7 Å². The minimum absolute atomic E-state index is 0. The summed E-state index contributed by atoms with van der Waals surface area (Å²) in [4.78, 5) is 0. The van der Waals surface area contributed by atoms with E-state index in [2.05, 4.69) is 124 Å². The second kappa shape index (κ2) is 23.9. The Bertz CT molecular complexity index is 1250. The number of halogens is 2. The van der Waals surface area contributed by atoms with Crippen LogP contribution in [-0.4, -0.2) is 13.8 Å². The van der Waals surface area contributed by atoms with Gasteiger partial charge in [-0.2, -0.15) is 35.9 Å². The minimum Gasteiger partial charge on any atom is -0.168 e. The molecule has 0 fully saturated rings. The van der Waals surface area contributed by atoms with E-state index < -0.39 is 0 Å². The van der Waals surface area contributed by atoms with Crippen molar-refractivity contribution in [3.05, 3.63) is 138 Å². The van der Waals surface area contributed by atoms with Gasteiger partial charge in [0.1, 0.15) is 0 Å². The van der Waals surface area contributed by atoms with Crippen molar-refractivity contribution in [2.45, 2.75) is 26.2 Å². The third-order valence-corrected chi connectivity index (χ3v) is 5.31. The second-order valence-electron chi connectivity index (χ2n) is 7.38.